The van der Waals surface area contributed by atoms with Crippen LogP contribution in [-0.4, -0.2) is 5.97 Å². The highest BCUT2D eigenvalue weighted by molar-refractivity contribution is 5.97. The monoisotopic (exact) mass is 354 g/mol. The molecule has 0 aliphatic heterocycles. The number of carbonyl (C=O) groups is 1. The molecule has 0 spiro atoms. The van der Waals surface area contributed by atoms with Crippen molar-refractivity contribution in [1.29, 1.82) is 0 Å². The van der Waals surface area contributed by atoms with Gasteiger partial charge in [-0.1, -0.05) is 61.0 Å². The van der Waals surface area contributed by atoms with Gasteiger partial charge in [0.25, 0.3) is 0 Å². The zero-order valence-corrected chi connectivity index (χ0v) is 15.6. The second-order valence-corrected chi connectivity index (χ2v) is 7.21. The molecule has 0 fully saturated rings. The fraction of sp³-hybridized carbons (Fsp3) is 0.160. The number of aryl methyl sites for hydroxylation is 1. The topological polar surface area (TPSA) is 26.3 Å². The van der Waals surface area contributed by atoms with Crippen molar-refractivity contribution in [3.8, 4) is 11.1 Å². The fourth-order valence-electron chi connectivity index (χ4n) is 3.25. The van der Waals surface area contributed by atoms with E-state index in [0.717, 1.165) is 17.2 Å². The number of hydrogen-bond donors (Lipinski definition) is 0. The maximum absolute atomic E-state index is 12.5. The van der Waals surface area contributed by atoms with E-state index >= 15 is 0 Å². The van der Waals surface area contributed by atoms with Crippen LogP contribution >= 0.6 is 0 Å². The van der Waals surface area contributed by atoms with E-state index in [1.165, 1.54) is 16.7 Å². The molecule has 0 amide bonds. The average Bonchev–Trinajstić information content (AvgIpc) is 2.69. The van der Waals surface area contributed by atoms with E-state index in [1.54, 1.807) is 0 Å². The summed E-state index contributed by atoms with van der Waals surface area (Å²) >= 11 is 0. The highest BCUT2D eigenvalue weighted by atomic mass is 16.5. The van der Waals surface area contributed by atoms with E-state index in [9.17, 15) is 4.79 Å². The number of ether oxygens (including phenoxy) is 1. The summed E-state index contributed by atoms with van der Waals surface area (Å²) in [4.78, 5) is 12.5. The number of esters is 1. The summed E-state index contributed by atoms with van der Waals surface area (Å²) in [6.45, 7) is 4.23. The van der Waals surface area contributed by atoms with Crippen LogP contribution in [0.15, 0.2) is 84.7 Å². The lowest BCUT2D eigenvalue weighted by atomic mass is 9.99. The summed E-state index contributed by atoms with van der Waals surface area (Å²) in [5.41, 5.74) is 4.18. The van der Waals surface area contributed by atoms with Gasteiger partial charge in [-0.25, -0.2) is 4.79 Å². The molecule has 1 unspecified atom stereocenters. The Hall–Kier alpha value is -3.13. The minimum Gasteiger partial charge on any atom is -0.423 e. The van der Waals surface area contributed by atoms with E-state index < -0.39 is 0 Å². The van der Waals surface area contributed by atoms with E-state index in [0.29, 0.717) is 17.2 Å². The second kappa shape index (κ2) is 7.24. The Kier molecular flexibility index (Phi) is 4.64. The molecule has 0 heterocycles. The number of hydrogen-bond acceptors (Lipinski definition) is 2. The lowest BCUT2D eigenvalue weighted by Gasteiger charge is -2.12. The van der Waals surface area contributed by atoms with Crippen molar-refractivity contribution >= 4 is 16.7 Å². The molecule has 2 nitrogen and oxygen atoms in total. The summed E-state index contributed by atoms with van der Waals surface area (Å²) in [6, 6.07) is 20.5. The van der Waals surface area contributed by atoms with Gasteiger partial charge in [0.05, 0.1) is 5.56 Å². The molecule has 0 saturated heterocycles. The van der Waals surface area contributed by atoms with Crippen LogP contribution in [0.2, 0.25) is 0 Å². The molecular weight excluding hydrogens is 332 g/mol. The second-order valence-electron chi connectivity index (χ2n) is 7.21. The average molecular weight is 354 g/mol. The molecule has 2 heteroatoms. The van der Waals surface area contributed by atoms with E-state index in [1.807, 2.05) is 30.4 Å². The highest BCUT2D eigenvalue weighted by Crippen LogP contribution is 2.26. The predicted molar refractivity (Wildman–Crippen MR) is 111 cm³/mol. The number of carbonyl (C=O) groups excluding carboxylic acids is 1. The van der Waals surface area contributed by atoms with Crippen LogP contribution in [0.4, 0.5) is 0 Å². The van der Waals surface area contributed by atoms with E-state index in [4.69, 9.17) is 4.74 Å². The Morgan fingerprint density at radius 1 is 0.926 bits per heavy atom. The third-order valence-electron chi connectivity index (χ3n) is 4.95. The van der Waals surface area contributed by atoms with Gasteiger partial charge in [-0.3, -0.25) is 0 Å². The lowest BCUT2D eigenvalue weighted by Crippen LogP contribution is -2.06. The van der Waals surface area contributed by atoms with Crippen molar-refractivity contribution in [3.63, 3.8) is 0 Å². The Labute approximate surface area is 159 Å². The van der Waals surface area contributed by atoms with Crippen molar-refractivity contribution in [1.82, 2.24) is 0 Å². The minimum atomic E-state index is -0.315. The molecule has 0 radical (unpaired) electrons. The molecular formula is C25H22O2. The first kappa shape index (κ1) is 17.3. The number of allylic oxidation sites excluding steroid dienone is 3. The first-order valence-electron chi connectivity index (χ1n) is 9.30. The normalized spacial score (nSPS) is 16.2. The summed E-state index contributed by atoms with van der Waals surface area (Å²) < 4.78 is 5.51. The molecule has 1 aliphatic rings. The van der Waals surface area contributed by atoms with Crippen LogP contribution in [0.5, 0.6) is 0 Å². The van der Waals surface area contributed by atoms with Gasteiger partial charge < -0.3 is 4.74 Å². The number of fused-ring (bicyclic) bond motifs is 1. The third-order valence-corrected chi connectivity index (χ3v) is 4.95. The van der Waals surface area contributed by atoms with Gasteiger partial charge in [-0.2, -0.15) is 0 Å². The lowest BCUT2D eigenvalue weighted by molar-refractivity contribution is 0.0634. The van der Waals surface area contributed by atoms with Crippen molar-refractivity contribution in [2.45, 2.75) is 20.3 Å². The van der Waals surface area contributed by atoms with Crippen LogP contribution < -0.4 is 0 Å². The third kappa shape index (κ3) is 3.85. The van der Waals surface area contributed by atoms with Crippen LogP contribution in [0.25, 0.3) is 21.9 Å². The van der Waals surface area contributed by atoms with Crippen molar-refractivity contribution in [2.75, 3.05) is 0 Å². The molecule has 0 aromatic heterocycles. The molecule has 3 aromatic rings. The van der Waals surface area contributed by atoms with Gasteiger partial charge >= 0.3 is 5.97 Å². The van der Waals surface area contributed by atoms with Crippen molar-refractivity contribution < 1.29 is 9.53 Å². The van der Waals surface area contributed by atoms with Crippen LogP contribution in [-0.2, 0) is 4.74 Å². The Bertz CT molecular complexity index is 1060. The zero-order chi connectivity index (χ0) is 18.8. The fourth-order valence-corrected chi connectivity index (χ4v) is 3.25. The van der Waals surface area contributed by atoms with E-state index in [-0.39, 0.29) is 5.97 Å². The minimum absolute atomic E-state index is 0.315. The van der Waals surface area contributed by atoms with Crippen molar-refractivity contribution in [3.05, 3.63) is 95.8 Å². The summed E-state index contributed by atoms with van der Waals surface area (Å²) in [5.74, 6) is 0.814. The number of rotatable bonds is 3. The van der Waals surface area contributed by atoms with Gasteiger partial charge in [0, 0.05) is 0 Å². The zero-order valence-electron chi connectivity index (χ0n) is 15.6. The van der Waals surface area contributed by atoms with Gasteiger partial charge in [-0.15, -0.1) is 0 Å². The van der Waals surface area contributed by atoms with E-state index in [2.05, 4.69) is 62.4 Å². The van der Waals surface area contributed by atoms with Crippen LogP contribution in [0.1, 0.15) is 29.3 Å². The highest BCUT2D eigenvalue weighted by Gasteiger charge is 2.12. The Balaban J connectivity index is 1.57. The van der Waals surface area contributed by atoms with Crippen LogP contribution in [0.3, 0.4) is 0 Å². The van der Waals surface area contributed by atoms with Crippen molar-refractivity contribution in [2.24, 2.45) is 5.92 Å². The maximum atomic E-state index is 12.5. The molecule has 1 aliphatic carbocycles. The molecule has 1 atom stereocenters. The van der Waals surface area contributed by atoms with Gasteiger partial charge in [0.15, 0.2) is 0 Å². The summed E-state index contributed by atoms with van der Waals surface area (Å²) in [7, 11) is 0. The quantitative estimate of drug-likeness (QED) is 0.505. The van der Waals surface area contributed by atoms with Gasteiger partial charge in [-0.05, 0) is 71.5 Å². The first-order valence-corrected chi connectivity index (χ1v) is 9.30. The molecule has 4 rings (SSSR count). The smallest absolute Gasteiger partial charge is 0.343 e. The standard InChI is InChI=1S/C25H22O2/c1-17-3-7-19(8-4-17)20-9-10-22-16-23(12-11-21(22)15-20)25(26)27-24-13-5-18(2)6-14-24/h3-5,7-16,18H,6H2,1-2H3. The van der Waals surface area contributed by atoms with Gasteiger partial charge in [0.2, 0.25) is 0 Å². The maximum Gasteiger partial charge on any atom is 0.343 e. The Morgan fingerprint density at radius 3 is 2.37 bits per heavy atom. The van der Waals surface area contributed by atoms with Gasteiger partial charge in [0.1, 0.15) is 5.76 Å². The predicted octanol–water partition coefficient (Wildman–Crippen LogP) is 6.45. The molecule has 134 valence electrons. The molecule has 0 N–H and O–H groups in total. The first-order chi connectivity index (χ1) is 13.1. The largest absolute Gasteiger partial charge is 0.423 e. The molecule has 27 heavy (non-hydrogen) atoms. The summed E-state index contributed by atoms with van der Waals surface area (Å²) in [5, 5.41) is 2.14. The Morgan fingerprint density at radius 2 is 1.63 bits per heavy atom. The molecule has 3 aromatic carbocycles. The van der Waals surface area contributed by atoms with Crippen LogP contribution in [0, 0.1) is 12.8 Å². The molecule has 0 saturated carbocycles. The summed E-state index contributed by atoms with van der Waals surface area (Å²) in [6.07, 6.45) is 6.81. The SMILES string of the molecule is Cc1ccc(-c2ccc3cc(C(=O)OC4=CCC(C)C=C4)ccc3c2)cc1. The molecule has 0 bridgehead atoms. The number of benzene rings is 3.